The number of nitrogens with two attached hydrogens (primary N) is 1. The number of rotatable bonds is 6. The maximum atomic E-state index is 5.55. The molecule has 6 nitrogen and oxygen atoms in total. The summed E-state index contributed by atoms with van der Waals surface area (Å²) in [5.74, 6) is 7.82. The molecule has 0 aliphatic carbocycles. The fourth-order valence-corrected chi connectivity index (χ4v) is 2.80. The van der Waals surface area contributed by atoms with E-state index in [-0.39, 0.29) is 6.04 Å². The van der Waals surface area contributed by atoms with E-state index < -0.39 is 0 Å². The van der Waals surface area contributed by atoms with Gasteiger partial charge in [0.25, 0.3) is 0 Å². The average Bonchev–Trinajstić information content (AvgIpc) is 2.89. The van der Waals surface area contributed by atoms with E-state index in [0.717, 1.165) is 35.1 Å². The maximum Gasteiger partial charge on any atom is 0.148 e. The van der Waals surface area contributed by atoms with E-state index in [2.05, 4.69) is 46.5 Å². The van der Waals surface area contributed by atoms with Gasteiger partial charge in [-0.15, -0.1) is 11.3 Å². The lowest BCUT2D eigenvalue weighted by molar-refractivity contribution is 0.811. The van der Waals surface area contributed by atoms with E-state index in [0.29, 0.717) is 5.82 Å². The largest absolute Gasteiger partial charge is 0.361 e. The molecule has 0 bridgehead atoms. The Morgan fingerprint density at radius 3 is 2.57 bits per heavy atom. The standard InChI is InChI=1S/C14H22N6S/c1-5-6-11-18-12(9(3)13(19-11)20-15)17-10(4)14-16-7-8(2)21-14/h7,10H,5-6,15H2,1-4H3,(H2,17,18,19,20). The number of nitrogens with zero attached hydrogens (tertiary/aromatic N) is 3. The Bertz CT molecular complexity index is 610. The van der Waals surface area contributed by atoms with Crippen LogP contribution in [0.5, 0.6) is 0 Å². The molecule has 0 saturated heterocycles. The minimum atomic E-state index is 0.0948. The molecular weight excluding hydrogens is 284 g/mol. The summed E-state index contributed by atoms with van der Waals surface area (Å²) < 4.78 is 0. The summed E-state index contributed by atoms with van der Waals surface area (Å²) in [6.45, 7) is 8.19. The van der Waals surface area contributed by atoms with Crippen LogP contribution in [0.25, 0.3) is 0 Å². The number of hydrazine groups is 1. The van der Waals surface area contributed by atoms with Crippen LogP contribution in [-0.2, 0) is 6.42 Å². The van der Waals surface area contributed by atoms with Gasteiger partial charge in [0.05, 0.1) is 6.04 Å². The number of aryl methyl sites for hydroxylation is 2. The van der Waals surface area contributed by atoms with Crippen molar-refractivity contribution in [1.29, 1.82) is 0 Å². The van der Waals surface area contributed by atoms with Crippen molar-refractivity contribution in [2.45, 2.75) is 46.6 Å². The summed E-state index contributed by atoms with van der Waals surface area (Å²) in [4.78, 5) is 14.6. The van der Waals surface area contributed by atoms with Gasteiger partial charge in [0, 0.05) is 23.1 Å². The van der Waals surface area contributed by atoms with Crippen LogP contribution in [-0.4, -0.2) is 15.0 Å². The fourth-order valence-electron chi connectivity index (χ4n) is 2.02. The van der Waals surface area contributed by atoms with E-state index in [9.17, 15) is 0 Å². The van der Waals surface area contributed by atoms with Crippen molar-refractivity contribution >= 4 is 23.0 Å². The molecule has 0 radical (unpaired) electrons. The van der Waals surface area contributed by atoms with E-state index in [4.69, 9.17) is 5.84 Å². The highest BCUT2D eigenvalue weighted by Gasteiger charge is 2.15. The molecule has 1 atom stereocenters. The fraction of sp³-hybridized carbons (Fsp3) is 0.500. The molecule has 0 aliphatic rings. The monoisotopic (exact) mass is 306 g/mol. The molecule has 0 aromatic carbocycles. The molecule has 2 aromatic rings. The first-order valence-electron chi connectivity index (χ1n) is 7.08. The molecule has 7 heteroatoms. The Morgan fingerprint density at radius 2 is 2.00 bits per heavy atom. The third-order valence-corrected chi connectivity index (χ3v) is 4.26. The van der Waals surface area contributed by atoms with Crippen molar-refractivity contribution in [2.75, 3.05) is 10.7 Å². The Labute approximate surface area is 129 Å². The molecule has 2 rings (SSSR count). The zero-order valence-electron chi connectivity index (χ0n) is 12.9. The minimum absolute atomic E-state index is 0.0948. The second kappa shape index (κ2) is 6.82. The highest BCUT2D eigenvalue weighted by Crippen LogP contribution is 2.26. The number of aromatic nitrogens is 3. The Morgan fingerprint density at radius 1 is 1.29 bits per heavy atom. The first-order valence-corrected chi connectivity index (χ1v) is 7.89. The lowest BCUT2D eigenvalue weighted by Crippen LogP contribution is -2.16. The lowest BCUT2D eigenvalue weighted by atomic mass is 10.2. The van der Waals surface area contributed by atoms with Crippen LogP contribution in [0.3, 0.4) is 0 Å². The number of nitrogens with one attached hydrogen (secondary N) is 2. The Hall–Kier alpha value is -1.73. The van der Waals surface area contributed by atoms with Gasteiger partial charge in [-0.25, -0.2) is 20.8 Å². The van der Waals surface area contributed by atoms with Crippen LogP contribution >= 0.6 is 11.3 Å². The summed E-state index contributed by atoms with van der Waals surface area (Å²) in [6, 6.07) is 0.0948. The Balaban J connectivity index is 2.27. The molecule has 2 heterocycles. The molecule has 2 aromatic heterocycles. The van der Waals surface area contributed by atoms with Crippen molar-refractivity contribution in [3.05, 3.63) is 27.5 Å². The summed E-state index contributed by atoms with van der Waals surface area (Å²) >= 11 is 1.69. The van der Waals surface area contributed by atoms with Crippen LogP contribution in [0.15, 0.2) is 6.20 Å². The average molecular weight is 306 g/mol. The zero-order valence-corrected chi connectivity index (χ0v) is 13.7. The highest BCUT2D eigenvalue weighted by molar-refractivity contribution is 7.11. The summed E-state index contributed by atoms with van der Waals surface area (Å²) in [7, 11) is 0. The first-order chi connectivity index (χ1) is 10.0. The van der Waals surface area contributed by atoms with E-state index in [1.807, 2.05) is 13.1 Å². The molecule has 114 valence electrons. The number of hydrogen-bond acceptors (Lipinski definition) is 7. The molecule has 4 N–H and O–H groups in total. The van der Waals surface area contributed by atoms with Gasteiger partial charge in [0.2, 0.25) is 0 Å². The zero-order chi connectivity index (χ0) is 15.4. The Kier molecular flexibility index (Phi) is 5.08. The second-order valence-electron chi connectivity index (χ2n) is 5.03. The predicted octanol–water partition coefficient (Wildman–Crippen LogP) is 2.96. The number of hydrogen-bond donors (Lipinski definition) is 3. The third kappa shape index (κ3) is 3.68. The second-order valence-corrected chi connectivity index (χ2v) is 6.30. The summed E-state index contributed by atoms with van der Waals surface area (Å²) in [5.41, 5.74) is 3.56. The van der Waals surface area contributed by atoms with Crippen molar-refractivity contribution < 1.29 is 0 Å². The summed E-state index contributed by atoms with van der Waals surface area (Å²) in [6.07, 6.45) is 3.71. The van der Waals surface area contributed by atoms with Gasteiger partial charge < -0.3 is 10.7 Å². The van der Waals surface area contributed by atoms with E-state index in [1.165, 1.54) is 4.88 Å². The summed E-state index contributed by atoms with van der Waals surface area (Å²) in [5, 5.41) is 4.46. The van der Waals surface area contributed by atoms with Crippen LogP contribution in [0, 0.1) is 13.8 Å². The minimum Gasteiger partial charge on any atom is -0.361 e. The molecule has 0 spiro atoms. The van der Waals surface area contributed by atoms with Gasteiger partial charge in [-0.3, -0.25) is 0 Å². The normalized spacial score (nSPS) is 12.2. The van der Waals surface area contributed by atoms with Gasteiger partial charge in [-0.05, 0) is 27.2 Å². The van der Waals surface area contributed by atoms with Crippen molar-refractivity contribution in [1.82, 2.24) is 15.0 Å². The highest BCUT2D eigenvalue weighted by atomic mass is 32.1. The maximum absolute atomic E-state index is 5.55. The quantitative estimate of drug-likeness (QED) is 0.561. The van der Waals surface area contributed by atoms with Crippen LogP contribution in [0.1, 0.15) is 47.6 Å². The molecule has 21 heavy (non-hydrogen) atoms. The predicted molar refractivity (Wildman–Crippen MR) is 87.5 cm³/mol. The van der Waals surface area contributed by atoms with Crippen molar-refractivity contribution in [2.24, 2.45) is 5.84 Å². The smallest absolute Gasteiger partial charge is 0.148 e. The molecule has 0 amide bonds. The first kappa shape index (κ1) is 15.7. The molecular formula is C14H22N6S. The van der Waals surface area contributed by atoms with Gasteiger partial charge in [-0.2, -0.15) is 0 Å². The number of anilines is 2. The van der Waals surface area contributed by atoms with Gasteiger partial charge in [0.15, 0.2) is 0 Å². The van der Waals surface area contributed by atoms with Crippen molar-refractivity contribution in [3.63, 3.8) is 0 Å². The lowest BCUT2D eigenvalue weighted by Gasteiger charge is -2.17. The third-order valence-electron chi connectivity index (χ3n) is 3.17. The van der Waals surface area contributed by atoms with Crippen molar-refractivity contribution in [3.8, 4) is 0 Å². The molecule has 0 saturated carbocycles. The van der Waals surface area contributed by atoms with Crippen LogP contribution in [0.4, 0.5) is 11.6 Å². The molecule has 1 unspecified atom stereocenters. The van der Waals surface area contributed by atoms with E-state index in [1.54, 1.807) is 11.3 Å². The SMILES string of the molecule is CCCc1nc(NN)c(C)c(NC(C)c2ncc(C)s2)n1. The van der Waals surface area contributed by atoms with Gasteiger partial charge in [0.1, 0.15) is 22.5 Å². The van der Waals surface area contributed by atoms with Gasteiger partial charge in [-0.1, -0.05) is 6.92 Å². The van der Waals surface area contributed by atoms with E-state index >= 15 is 0 Å². The molecule has 0 aliphatic heterocycles. The van der Waals surface area contributed by atoms with Crippen LogP contribution in [0.2, 0.25) is 0 Å². The number of thiazole rings is 1. The van der Waals surface area contributed by atoms with Gasteiger partial charge >= 0.3 is 0 Å². The topological polar surface area (TPSA) is 88.8 Å². The number of nitrogen functional groups attached to an aromatic ring is 1. The van der Waals surface area contributed by atoms with Crippen LogP contribution < -0.4 is 16.6 Å². The molecule has 0 fully saturated rings.